The highest BCUT2D eigenvalue weighted by Gasteiger charge is 2.25. The van der Waals surface area contributed by atoms with Crippen molar-refractivity contribution in [1.29, 1.82) is 0 Å². The third-order valence-electron chi connectivity index (χ3n) is 3.63. The van der Waals surface area contributed by atoms with Crippen LogP contribution < -0.4 is 10.6 Å². The van der Waals surface area contributed by atoms with E-state index in [9.17, 15) is 14.9 Å². The Balaban J connectivity index is 2.36. The molecule has 0 aromatic heterocycles. The van der Waals surface area contributed by atoms with Crippen molar-refractivity contribution < 1.29 is 9.72 Å². The summed E-state index contributed by atoms with van der Waals surface area (Å²) in [5, 5.41) is 10.9. The van der Waals surface area contributed by atoms with Gasteiger partial charge in [0, 0.05) is 25.2 Å². The first-order valence-electron chi connectivity index (χ1n) is 6.32. The van der Waals surface area contributed by atoms with Crippen molar-refractivity contribution in [3.8, 4) is 0 Å². The summed E-state index contributed by atoms with van der Waals surface area (Å²) in [5.41, 5.74) is 6.30. The van der Waals surface area contributed by atoms with E-state index < -0.39 is 20.9 Å². The van der Waals surface area contributed by atoms with E-state index in [1.807, 2.05) is 4.90 Å². The highest BCUT2D eigenvalue weighted by molar-refractivity contribution is 8.32. The molecule has 1 saturated heterocycles. The smallest absolute Gasteiger partial charge is 0.271 e. The number of hydrogen-bond donors (Lipinski definition) is 1. The van der Waals surface area contributed by atoms with Crippen LogP contribution in [0, 0.1) is 10.1 Å². The molecular formula is C13H19N3O3S. The van der Waals surface area contributed by atoms with Crippen LogP contribution in [0.5, 0.6) is 0 Å². The lowest BCUT2D eigenvalue weighted by Crippen LogP contribution is -2.39. The zero-order valence-corrected chi connectivity index (χ0v) is 12.5. The quantitative estimate of drug-likeness (QED) is 0.677. The van der Waals surface area contributed by atoms with Gasteiger partial charge >= 0.3 is 0 Å². The minimum absolute atomic E-state index is 0.0119. The number of nitrogens with zero attached hydrogens (tertiary/aromatic N) is 2. The fraction of sp³-hybridized carbons (Fsp3) is 0.462. The molecule has 20 heavy (non-hydrogen) atoms. The Morgan fingerprint density at radius 2 is 1.95 bits per heavy atom. The molecule has 1 fully saturated rings. The van der Waals surface area contributed by atoms with E-state index in [4.69, 9.17) is 5.73 Å². The number of anilines is 1. The molecule has 0 aliphatic carbocycles. The number of carbonyl (C=O) groups is 1. The van der Waals surface area contributed by atoms with Gasteiger partial charge in [-0.2, -0.15) is 0 Å². The second-order valence-corrected chi connectivity index (χ2v) is 9.84. The number of nitro benzene ring substituents is 1. The van der Waals surface area contributed by atoms with E-state index in [0.29, 0.717) is 11.3 Å². The van der Waals surface area contributed by atoms with Crippen molar-refractivity contribution in [2.45, 2.75) is 0 Å². The molecule has 1 aromatic rings. The van der Waals surface area contributed by atoms with Crippen LogP contribution in [0.1, 0.15) is 10.4 Å². The van der Waals surface area contributed by atoms with Gasteiger partial charge in [0.05, 0.1) is 16.2 Å². The van der Waals surface area contributed by atoms with Crippen molar-refractivity contribution in [3.05, 3.63) is 33.9 Å². The molecular weight excluding hydrogens is 278 g/mol. The number of hydrogen-bond acceptors (Lipinski definition) is 4. The van der Waals surface area contributed by atoms with E-state index in [1.54, 1.807) is 0 Å². The number of carbonyl (C=O) groups excluding carboxylic acids is 1. The molecule has 6 nitrogen and oxygen atoms in total. The summed E-state index contributed by atoms with van der Waals surface area (Å²) in [6, 6.07) is 4.22. The highest BCUT2D eigenvalue weighted by atomic mass is 32.3. The van der Waals surface area contributed by atoms with Crippen LogP contribution >= 0.6 is 10.0 Å². The molecule has 0 bridgehead atoms. The Kier molecular flexibility index (Phi) is 3.89. The van der Waals surface area contributed by atoms with Gasteiger partial charge in [-0.3, -0.25) is 14.9 Å². The third-order valence-corrected chi connectivity index (χ3v) is 6.20. The number of rotatable bonds is 3. The van der Waals surface area contributed by atoms with Gasteiger partial charge in [-0.1, -0.05) is 0 Å². The average Bonchev–Trinajstić information content (AvgIpc) is 2.37. The van der Waals surface area contributed by atoms with Crippen molar-refractivity contribution in [3.63, 3.8) is 0 Å². The van der Waals surface area contributed by atoms with Gasteiger partial charge in [0.2, 0.25) is 0 Å². The lowest BCUT2D eigenvalue weighted by Gasteiger charge is -2.42. The molecule has 1 aromatic carbocycles. The topological polar surface area (TPSA) is 89.5 Å². The van der Waals surface area contributed by atoms with Gasteiger partial charge in [-0.15, -0.1) is 0 Å². The van der Waals surface area contributed by atoms with E-state index >= 15 is 0 Å². The van der Waals surface area contributed by atoms with Gasteiger partial charge in [-0.05, 0) is 30.1 Å². The molecule has 1 heterocycles. The molecule has 1 aliphatic heterocycles. The van der Waals surface area contributed by atoms with Gasteiger partial charge in [-0.25, -0.2) is 10.0 Å². The predicted molar refractivity (Wildman–Crippen MR) is 83.0 cm³/mol. The number of nitro groups is 1. The fourth-order valence-electron chi connectivity index (χ4n) is 2.27. The molecule has 0 saturated carbocycles. The van der Waals surface area contributed by atoms with Gasteiger partial charge in [0.25, 0.3) is 11.6 Å². The second kappa shape index (κ2) is 5.32. The second-order valence-electron chi connectivity index (χ2n) is 5.49. The number of primary amides is 1. The Bertz CT molecular complexity index is 550. The number of amides is 1. The number of non-ortho nitro benzene ring substituents is 1. The monoisotopic (exact) mass is 297 g/mol. The zero-order valence-electron chi connectivity index (χ0n) is 11.7. The highest BCUT2D eigenvalue weighted by Crippen LogP contribution is 2.43. The summed E-state index contributed by atoms with van der Waals surface area (Å²) in [7, 11) is -0.575. The fourth-order valence-corrected chi connectivity index (χ4v) is 3.91. The molecule has 0 unspecified atom stereocenters. The Hall–Kier alpha value is -1.76. The van der Waals surface area contributed by atoms with Crippen molar-refractivity contribution >= 4 is 27.3 Å². The Labute approximate surface area is 119 Å². The Morgan fingerprint density at radius 3 is 2.45 bits per heavy atom. The van der Waals surface area contributed by atoms with Crippen molar-refractivity contribution in [2.24, 2.45) is 5.73 Å². The van der Waals surface area contributed by atoms with Gasteiger partial charge in [0.15, 0.2) is 0 Å². The van der Waals surface area contributed by atoms with Crippen LogP contribution in [0.15, 0.2) is 18.2 Å². The van der Waals surface area contributed by atoms with Crippen molar-refractivity contribution in [2.75, 3.05) is 42.0 Å². The normalized spacial score (nSPS) is 19.4. The molecule has 0 radical (unpaired) electrons. The number of nitrogens with two attached hydrogens (primary N) is 1. The van der Waals surface area contributed by atoms with Crippen LogP contribution in [-0.4, -0.2) is 47.9 Å². The third kappa shape index (κ3) is 3.04. The first-order valence-corrected chi connectivity index (χ1v) is 9.11. The summed E-state index contributed by atoms with van der Waals surface area (Å²) in [6.45, 7) is 1.62. The molecule has 1 amide bonds. The molecule has 1 aliphatic rings. The maximum atomic E-state index is 11.5. The first-order chi connectivity index (χ1) is 9.30. The number of benzene rings is 1. The zero-order chi connectivity index (χ0) is 14.9. The lowest BCUT2D eigenvalue weighted by atomic mass is 10.1. The summed E-state index contributed by atoms with van der Waals surface area (Å²) in [6.07, 6.45) is 4.57. The van der Waals surface area contributed by atoms with E-state index in [0.717, 1.165) is 24.6 Å². The maximum Gasteiger partial charge on any atom is 0.271 e. The van der Waals surface area contributed by atoms with Crippen molar-refractivity contribution in [1.82, 2.24) is 0 Å². The largest absolute Gasteiger partial charge is 0.369 e. The minimum Gasteiger partial charge on any atom is -0.369 e. The summed E-state index contributed by atoms with van der Waals surface area (Å²) in [5.74, 6) is 1.58. The molecule has 2 N–H and O–H groups in total. The standard InChI is InChI=1S/C13H19N3O3S/c1-20(2)7-5-15(6-8-20)12-9-10(16(18)19)3-4-11(12)13(14)17/h3-4,9H,5-8H2,1-2H3,(H2,14,17). The molecule has 7 heteroatoms. The molecule has 0 atom stereocenters. The average molecular weight is 297 g/mol. The molecule has 110 valence electrons. The van der Waals surface area contributed by atoms with Gasteiger partial charge < -0.3 is 10.6 Å². The van der Waals surface area contributed by atoms with Crippen LogP contribution in [0.4, 0.5) is 11.4 Å². The SMILES string of the molecule is CS1(C)CCN(c2cc([N+](=O)[O-])ccc2C(N)=O)CC1. The van der Waals surface area contributed by atoms with Crippen LogP contribution in [0.2, 0.25) is 0 Å². The summed E-state index contributed by atoms with van der Waals surface area (Å²) < 4.78 is 0. The van der Waals surface area contributed by atoms with E-state index in [2.05, 4.69) is 12.5 Å². The van der Waals surface area contributed by atoms with E-state index in [-0.39, 0.29) is 5.69 Å². The summed E-state index contributed by atoms with van der Waals surface area (Å²) >= 11 is 0. The Morgan fingerprint density at radius 1 is 1.35 bits per heavy atom. The molecule has 2 rings (SSSR count). The minimum atomic E-state index is -0.575. The van der Waals surface area contributed by atoms with Crippen LogP contribution in [0.3, 0.4) is 0 Å². The first kappa shape index (κ1) is 14.6. The lowest BCUT2D eigenvalue weighted by molar-refractivity contribution is -0.384. The maximum absolute atomic E-state index is 11.5. The predicted octanol–water partition coefficient (Wildman–Crippen LogP) is 1.58. The molecule has 0 spiro atoms. The van der Waals surface area contributed by atoms with Gasteiger partial charge in [0.1, 0.15) is 0 Å². The van der Waals surface area contributed by atoms with E-state index in [1.165, 1.54) is 18.2 Å². The summed E-state index contributed by atoms with van der Waals surface area (Å²) in [4.78, 5) is 24.0. The van der Waals surface area contributed by atoms with Crippen LogP contribution in [-0.2, 0) is 0 Å². The van der Waals surface area contributed by atoms with Crippen LogP contribution in [0.25, 0.3) is 0 Å².